The first kappa shape index (κ1) is 13.0. The van der Waals surface area contributed by atoms with Crippen molar-refractivity contribution in [3.8, 4) is 0 Å². The minimum absolute atomic E-state index is 0.238. The van der Waals surface area contributed by atoms with Gasteiger partial charge in [0.25, 0.3) is 0 Å². The number of rotatable bonds is 1. The molecule has 1 aromatic rings. The highest BCUT2D eigenvalue weighted by Crippen LogP contribution is 2.41. The zero-order valence-electron chi connectivity index (χ0n) is 11.4. The van der Waals surface area contributed by atoms with Crippen molar-refractivity contribution in [2.24, 2.45) is 0 Å². The molecule has 2 atom stereocenters. The topological polar surface area (TPSA) is 32.7 Å². The lowest BCUT2D eigenvalue weighted by Gasteiger charge is -2.50. The number of aryl methyl sites for hydroxylation is 1. The number of halogens is 1. The van der Waals surface area contributed by atoms with E-state index in [1.807, 2.05) is 6.92 Å². The first-order valence-corrected chi connectivity index (χ1v) is 6.78. The highest BCUT2D eigenvalue weighted by molar-refractivity contribution is 5.33. The van der Waals surface area contributed by atoms with Crippen molar-refractivity contribution in [3.63, 3.8) is 0 Å². The van der Waals surface area contributed by atoms with Crippen molar-refractivity contribution in [1.82, 2.24) is 4.90 Å². The smallest absolute Gasteiger partial charge is 0.123 e. The number of fused-ring (bicyclic) bond motifs is 2. The van der Waals surface area contributed by atoms with Crippen molar-refractivity contribution in [2.75, 3.05) is 20.3 Å². The third-order valence-corrected chi connectivity index (χ3v) is 4.61. The number of benzene rings is 1. The number of hydrogen-bond acceptors (Lipinski definition) is 3. The normalized spacial score (nSPS) is 35.4. The summed E-state index contributed by atoms with van der Waals surface area (Å²) in [6.07, 6.45) is 1.29. The molecule has 1 N–H and O–H groups in total. The molecule has 2 aliphatic heterocycles. The summed E-state index contributed by atoms with van der Waals surface area (Å²) in [5.74, 6) is -0.249. The van der Waals surface area contributed by atoms with Crippen molar-refractivity contribution in [2.45, 2.75) is 37.5 Å². The van der Waals surface area contributed by atoms with Crippen molar-refractivity contribution in [3.05, 3.63) is 35.1 Å². The number of ether oxygens (including phenoxy) is 1. The highest BCUT2D eigenvalue weighted by atomic mass is 19.1. The van der Waals surface area contributed by atoms with Crippen LogP contribution in [0.4, 0.5) is 4.39 Å². The molecule has 104 valence electrons. The van der Waals surface area contributed by atoms with Gasteiger partial charge in [-0.15, -0.1) is 0 Å². The van der Waals surface area contributed by atoms with Gasteiger partial charge in [-0.3, -0.25) is 4.90 Å². The third kappa shape index (κ3) is 2.18. The maximum Gasteiger partial charge on any atom is 0.123 e. The van der Waals surface area contributed by atoms with Gasteiger partial charge in [0.05, 0.1) is 18.8 Å². The van der Waals surface area contributed by atoms with Crippen LogP contribution >= 0.6 is 0 Å². The van der Waals surface area contributed by atoms with Crippen LogP contribution in [0.5, 0.6) is 0 Å². The quantitative estimate of drug-likeness (QED) is 0.840. The van der Waals surface area contributed by atoms with Crippen LogP contribution in [0.15, 0.2) is 18.2 Å². The van der Waals surface area contributed by atoms with Crippen LogP contribution in [0.2, 0.25) is 0 Å². The second-order valence-corrected chi connectivity index (χ2v) is 5.91. The number of nitrogens with zero attached hydrogens (tertiary/aromatic N) is 1. The summed E-state index contributed by atoms with van der Waals surface area (Å²) in [5.41, 5.74) is 0.827. The van der Waals surface area contributed by atoms with Crippen LogP contribution in [0.25, 0.3) is 0 Å². The fourth-order valence-electron chi connectivity index (χ4n) is 3.51. The molecule has 2 saturated heterocycles. The van der Waals surface area contributed by atoms with Gasteiger partial charge >= 0.3 is 0 Å². The lowest BCUT2D eigenvalue weighted by atomic mass is 9.76. The Morgan fingerprint density at radius 1 is 1.32 bits per heavy atom. The average Bonchev–Trinajstić information content (AvgIpc) is 2.31. The molecule has 0 spiro atoms. The number of aliphatic hydroxyl groups is 1. The SMILES string of the molecule is Cc1cc(F)ccc1C1(O)CC2COCC(C1)N2C. The summed E-state index contributed by atoms with van der Waals surface area (Å²) in [7, 11) is 2.09. The Kier molecular flexibility index (Phi) is 3.12. The first-order valence-electron chi connectivity index (χ1n) is 6.78. The monoisotopic (exact) mass is 265 g/mol. The van der Waals surface area contributed by atoms with Gasteiger partial charge in [0.1, 0.15) is 5.82 Å². The van der Waals surface area contributed by atoms with E-state index in [9.17, 15) is 9.50 Å². The van der Waals surface area contributed by atoms with Crippen LogP contribution in [0, 0.1) is 12.7 Å². The molecule has 2 heterocycles. The molecule has 0 saturated carbocycles. The number of likely N-dealkylation sites (N-methyl/N-ethyl adjacent to an activating group) is 1. The zero-order chi connectivity index (χ0) is 13.6. The molecule has 19 heavy (non-hydrogen) atoms. The fourth-order valence-corrected chi connectivity index (χ4v) is 3.51. The maximum absolute atomic E-state index is 13.2. The van der Waals surface area contributed by atoms with Crippen LogP contribution in [0.1, 0.15) is 24.0 Å². The molecule has 3 nitrogen and oxygen atoms in total. The lowest BCUT2D eigenvalue weighted by molar-refractivity contribution is -0.138. The molecule has 0 aliphatic carbocycles. The molecule has 2 bridgehead atoms. The zero-order valence-corrected chi connectivity index (χ0v) is 11.4. The number of hydrogen-bond donors (Lipinski definition) is 1. The van der Waals surface area contributed by atoms with Crippen molar-refractivity contribution >= 4 is 0 Å². The average molecular weight is 265 g/mol. The second kappa shape index (κ2) is 4.54. The highest BCUT2D eigenvalue weighted by Gasteiger charge is 2.45. The van der Waals surface area contributed by atoms with Gasteiger partial charge in [-0.2, -0.15) is 0 Å². The van der Waals surface area contributed by atoms with Crippen molar-refractivity contribution < 1.29 is 14.2 Å². The van der Waals surface area contributed by atoms with Gasteiger partial charge in [0.15, 0.2) is 0 Å². The van der Waals surface area contributed by atoms with E-state index in [0.717, 1.165) is 11.1 Å². The summed E-state index contributed by atoms with van der Waals surface area (Å²) in [6.45, 7) is 3.19. The molecule has 2 fully saturated rings. The first-order chi connectivity index (χ1) is 8.99. The minimum atomic E-state index is -0.858. The molecule has 1 aromatic carbocycles. The van der Waals surface area contributed by atoms with Gasteiger partial charge in [-0.1, -0.05) is 6.07 Å². The number of piperidine rings is 1. The van der Waals surface area contributed by atoms with Crippen LogP contribution in [-0.2, 0) is 10.3 Å². The van der Waals surface area contributed by atoms with Gasteiger partial charge in [0.2, 0.25) is 0 Å². The van der Waals surface area contributed by atoms with Crippen LogP contribution < -0.4 is 0 Å². The Bertz CT molecular complexity index is 477. The summed E-state index contributed by atoms with van der Waals surface area (Å²) < 4.78 is 18.8. The Hall–Kier alpha value is -0.970. The van der Waals surface area contributed by atoms with E-state index in [-0.39, 0.29) is 17.9 Å². The van der Waals surface area contributed by atoms with Gasteiger partial charge in [-0.25, -0.2) is 4.39 Å². The van der Waals surface area contributed by atoms with Crippen molar-refractivity contribution in [1.29, 1.82) is 0 Å². The predicted molar refractivity (Wildman–Crippen MR) is 70.4 cm³/mol. The standard InChI is InChI=1S/C15H20FNO2/c1-10-5-11(16)3-4-14(10)15(18)6-12-8-19-9-13(7-15)17(12)2/h3-5,12-13,18H,6-9H2,1-2H3. The van der Waals surface area contributed by atoms with E-state index < -0.39 is 5.60 Å². The van der Waals surface area contributed by atoms with Gasteiger partial charge in [0, 0.05) is 12.1 Å². The van der Waals surface area contributed by atoms with E-state index in [2.05, 4.69) is 11.9 Å². The molecule has 0 aromatic heterocycles. The van der Waals surface area contributed by atoms with Gasteiger partial charge < -0.3 is 9.84 Å². The Balaban J connectivity index is 1.95. The lowest BCUT2D eigenvalue weighted by Crippen LogP contribution is -2.59. The van der Waals surface area contributed by atoms with E-state index in [1.54, 1.807) is 6.07 Å². The molecule has 4 heteroatoms. The van der Waals surface area contributed by atoms with Crippen LogP contribution in [-0.4, -0.2) is 42.4 Å². The fraction of sp³-hybridized carbons (Fsp3) is 0.600. The molecule has 3 rings (SSSR count). The number of morpholine rings is 1. The minimum Gasteiger partial charge on any atom is -0.385 e. The van der Waals surface area contributed by atoms with Crippen LogP contribution in [0.3, 0.4) is 0 Å². The molecule has 2 unspecified atom stereocenters. The van der Waals surface area contributed by atoms with E-state index in [0.29, 0.717) is 26.1 Å². The summed E-state index contributed by atoms with van der Waals surface area (Å²) in [4.78, 5) is 2.30. The molecule has 2 aliphatic rings. The molecular formula is C15H20FNO2. The Morgan fingerprint density at radius 3 is 2.53 bits per heavy atom. The third-order valence-electron chi connectivity index (χ3n) is 4.61. The predicted octanol–water partition coefficient (Wildman–Crippen LogP) is 1.81. The summed E-state index contributed by atoms with van der Waals surface area (Å²) in [6, 6.07) is 5.14. The van der Waals surface area contributed by atoms with E-state index >= 15 is 0 Å². The maximum atomic E-state index is 13.2. The second-order valence-electron chi connectivity index (χ2n) is 5.91. The summed E-state index contributed by atoms with van der Waals surface area (Å²) >= 11 is 0. The van der Waals surface area contributed by atoms with E-state index in [1.165, 1.54) is 12.1 Å². The largest absolute Gasteiger partial charge is 0.385 e. The van der Waals surface area contributed by atoms with Gasteiger partial charge in [-0.05, 0) is 50.1 Å². The Morgan fingerprint density at radius 2 is 1.95 bits per heavy atom. The molecular weight excluding hydrogens is 245 g/mol. The summed E-state index contributed by atoms with van der Waals surface area (Å²) in [5, 5.41) is 11.0. The van der Waals surface area contributed by atoms with E-state index in [4.69, 9.17) is 4.74 Å². The molecule has 0 amide bonds. The Labute approximate surface area is 113 Å². The molecule has 0 radical (unpaired) electrons.